The van der Waals surface area contributed by atoms with Crippen molar-refractivity contribution in [1.82, 2.24) is 14.2 Å². The van der Waals surface area contributed by atoms with Crippen molar-refractivity contribution in [2.24, 2.45) is 0 Å². The van der Waals surface area contributed by atoms with Crippen LogP contribution < -0.4 is 4.74 Å². The van der Waals surface area contributed by atoms with E-state index in [2.05, 4.69) is 4.90 Å². The molecule has 3 aromatic rings. The third-order valence-corrected chi connectivity index (χ3v) is 7.94. The van der Waals surface area contributed by atoms with Crippen molar-refractivity contribution in [2.45, 2.75) is 32.2 Å². The number of sulfonamides is 1. The summed E-state index contributed by atoms with van der Waals surface area (Å²) in [7, 11) is -1.87. The predicted molar refractivity (Wildman–Crippen MR) is 123 cm³/mol. The minimum atomic E-state index is -3.50. The number of benzene rings is 2. The fraction of sp³-hybridized carbons (Fsp3) is 0.375. The molecule has 2 aromatic carbocycles. The van der Waals surface area contributed by atoms with Crippen molar-refractivity contribution in [3.8, 4) is 17.2 Å². The molecule has 1 aliphatic rings. The van der Waals surface area contributed by atoms with Gasteiger partial charge in [-0.15, -0.1) is 0 Å². The Morgan fingerprint density at radius 3 is 2.47 bits per heavy atom. The minimum Gasteiger partial charge on any atom is -0.496 e. The Hall–Kier alpha value is -2.68. The van der Waals surface area contributed by atoms with Gasteiger partial charge in [-0.25, -0.2) is 13.4 Å². The maximum atomic E-state index is 13.2. The number of oxazole rings is 1. The van der Waals surface area contributed by atoms with Crippen LogP contribution in [-0.2, 0) is 16.6 Å². The van der Waals surface area contributed by atoms with Crippen molar-refractivity contribution in [2.75, 3.05) is 33.3 Å². The molecular formula is C24H29N3O4S. The van der Waals surface area contributed by atoms with E-state index in [0.29, 0.717) is 49.3 Å². The molecule has 2 heterocycles. The van der Waals surface area contributed by atoms with Crippen LogP contribution in [0, 0.1) is 20.8 Å². The number of aryl methyl sites for hydroxylation is 3. The van der Waals surface area contributed by atoms with Crippen molar-refractivity contribution in [3.05, 3.63) is 65.0 Å². The van der Waals surface area contributed by atoms with E-state index in [-0.39, 0.29) is 0 Å². The Labute approximate surface area is 189 Å². The molecule has 0 bridgehead atoms. The molecule has 0 N–H and O–H groups in total. The highest BCUT2D eigenvalue weighted by Crippen LogP contribution is 2.31. The van der Waals surface area contributed by atoms with E-state index in [1.54, 1.807) is 17.5 Å². The molecule has 32 heavy (non-hydrogen) atoms. The summed E-state index contributed by atoms with van der Waals surface area (Å²) in [6, 6.07) is 13.2. The number of ether oxygens (including phenoxy) is 1. The van der Waals surface area contributed by atoms with E-state index >= 15 is 0 Å². The third kappa shape index (κ3) is 4.44. The van der Waals surface area contributed by atoms with Crippen LogP contribution in [0.15, 0.2) is 51.8 Å². The number of rotatable bonds is 6. The van der Waals surface area contributed by atoms with Crippen LogP contribution in [0.4, 0.5) is 0 Å². The second-order valence-electron chi connectivity index (χ2n) is 8.17. The largest absolute Gasteiger partial charge is 0.496 e. The Bertz CT molecular complexity index is 1210. The van der Waals surface area contributed by atoms with Crippen LogP contribution >= 0.6 is 0 Å². The van der Waals surface area contributed by atoms with Gasteiger partial charge in [-0.1, -0.05) is 24.3 Å². The summed E-state index contributed by atoms with van der Waals surface area (Å²) in [4.78, 5) is 7.32. The lowest BCUT2D eigenvalue weighted by Crippen LogP contribution is -2.48. The first-order valence-corrected chi connectivity index (χ1v) is 12.1. The summed E-state index contributed by atoms with van der Waals surface area (Å²) >= 11 is 0. The van der Waals surface area contributed by atoms with Gasteiger partial charge in [0, 0.05) is 32.7 Å². The van der Waals surface area contributed by atoms with E-state index < -0.39 is 10.0 Å². The lowest BCUT2D eigenvalue weighted by Gasteiger charge is -2.33. The van der Waals surface area contributed by atoms with E-state index in [4.69, 9.17) is 14.1 Å². The highest BCUT2D eigenvalue weighted by atomic mass is 32.2. The molecule has 1 aromatic heterocycles. The molecule has 0 aliphatic carbocycles. The number of hydrogen-bond acceptors (Lipinski definition) is 6. The number of hydrogen-bond donors (Lipinski definition) is 0. The smallest absolute Gasteiger partial charge is 0.243 e. The van der Waals surface area contributed by atoms with Crippen LogP contribution in [0.1, 0.15) is 22.6 Å². The SMILES string of the molecule is COc1ccccc1-c1nc(CN2CCN(S(=O)(=O)c3cc(C)ccc3C)CC2)c(C)o1. The summed E-state index contributed by atoms with van der Waals surface area (Å²) in [5.74, 6) is 2.01. The summed E-state index contributed by atoms with van der Waals surface area (Å²) in [5, 5.41) is 0. The average molecular weight is 456 g/mol. The third-order valence-electron chi connectivity index (χ3n) is 5.90. The fourth-order valence-electron chi connectivity index (χ4n) is 3.98. The minimum absolute atomic E-state index is 0.403. The van der Waals surface area contributed by atoms with Gasteiger partial charge in [0.2, 0.25) is 15.9 Å². The number of piperazine rings is 1. The van der Waals surface area contributed by atoms with Gasteiger partial charge >= 0.3 is 0 Å². The standard InChI is InChI=1S/C24H29N3O4S/c1-17-9-10-18(2)23(15-17)32(28,29)27-13-11-26(12-14-27)16-21-19(3)31-24(25-21)20-7-5-6-8-22(20)30-4/h5-10,15H,11-14,16H2,1-4H3. The van der Waals surface area contributed by atoms with Crippen molar-refractivity contribution in [3.63, 3.8) is 0 Å². The van der Waals surface area contributed by atoms with Gasteiger partial charge in [0.15, 0.2) is 0 Å². The second-order valence-corrected chi connectivity index (χ2v) is 10.1. The normalized spacial score (nSPS) is 15.8. The molecule has 0 spiro atoms. The zero-order chi connectivity index (χ0) is 22.9. The Morgan fingerprint density at radius 2 is 1.75 bits per heavy atom. The monoisotopic (exact) mass is 455 g/mol. The molecule has 7 nitrogen and oxygen atoms in total. The first kappa shape index (κ1) is 22.5. The molecule has 0 saturated carbocycles. The van der Waals surface area contributed by atoms with Crippen molar-refractivity contribution >= 4 is 10.0 Å². The maximum absolute atomic E-state index is 13.2. The number of methoxy groups -OCH3 is 1. The van der Waals surface area contributed by atoms with Gasteiger partial charge < -0.3 is 9.15 Å². The van der Waals surface area contributed by atoms with E-state index in [1.807, 2.05) is 57.2 Å². The average Bonchev–Trinajstić information content (AvgIpc) is 3.15. The molecule has 4 rings (SSSR count). The molecule has 1 fully saturated rings. The number of aromatic nitrogens is 1. The number of para-hydroxylation sites is 1. The van der Waals surface area contributed by atoms with Gasteiger partial charge in [-0.05, 0) is 50.1 Å². The highest BCUT2D eigenvalue weighted by molar-refractivity contribution is 7.89. The van der Waals surface area contributed by atoms with E-state index in [1.165, 1.54) is 0 Å². The zero-order valence-corrected chi connectivity index (χ0v) is 19.8. The molecule has 0 amide bonds. The Morgan fingerprint density at radius 1 is 1.03 bits per heavy atom. The van der Waals surface area contributed by atoms with Gasteiger partial charge in [0.1, 0.15) is 11.5 Å². The highest BCUT2D eigenvalue weighted by Gasteiger charge is 2.30. The summed E-state index contributed by atoms with van der Waals surface area (Å²) in [5.41, 5.74) is 3.39. The van der Waals surface area contributed by atoms with Gasteiger partial charge in [-0.2, -0.15) is 4.31 Å². The molecule has 0 unspecified atom stereocenters. The molecule has 170 valence electrons. The van der Waals surface area contributed by atoms with Crippen LogP contribution in [0.25, 0.3) is 11.5 Å². The van der Waals surface area contributed by atoms with Crippen LogP contribution in [-0.4, -0.2) is 55.9 Å². The van der Waals surface area contributed by atoms with E-state index in [0.717, 1.165) is 28.1 Å². The molecule has 0 radical (unpaired) electrons. The van der Waals surface area contributed by atoms with Crippen molar-refractivity contribution in [1.29, 1.82) is 0 Å². The summed E-state index contributed by atoms with van der Waals surface area (Å²) in [6.07, 6.45) is 0. The van der Waals surface area contributed by atoms with Gasteiger partial charge in [0.05, 0.1) is 23.3 Å². The van der Waals surface area contributed by atoms with Crippen LogP contribution in [0.3, 0.4) is 0 Å². The Balaban J connectivity index is 1.45. The topological polar surface area (TPSA) is 75.9 Å². The molecule has 1 aliphatic heterocycles. The van der Waals surface area contributed by atoms with E-state index in [9.17, 15) is 8.42 Å². The number of nitrogens with zero attached hydrogens (tertiary/aromatic N) is 3. The van der Waals surface area contributed by atoms with Gasteiger partial charge in [0.25, 0.3) is 0 Å². The Kier molecular flexibility index (Phi) is 6.37. The fourth-order valence-corrected chi connectivity index (χ4v) is 5.71. The second kappa shape index (κ2) is 9.05. The molecular weight excluding hydrogens is 426 g/mol. The quantitative estimate of drug-likeness (QED) is 0.563. The van der Waals surface area contributed by atoms with Crippen LogP contribution in [0.5, 0.6) is 5.75 Å². The molecule has 0 atom stereocenters. The maximum Gasteiger partial charge on any atom is 0.243 e. The predicted octanol–water partition coefficient (Wildman–Crippen LogP) is 3.78. The first-order chi connectivity index (χ1) is 15.3. The van der Waals surface area contributed by atoms with Crippen molar-refractivity contribution < 1.29 is 17.6 Å². The molecule has 1 saturated heterocycles. The lowest BCUT2D eigenvalue weighted by molar-refractivity contribution is 0.179. The first-order valence-electron chi connectivity index (χ1n) is 10.7. The zero-order valence-electron chi connectivity index (χ0n) is 19.0. The van der Waals surface area contributed by atoms with Gasteiger partial charge in [-0.3, -0.25) is 4.90 Å². The summed E-state index contributed by atoms with van der Waals surface area (Å²) < 4.78 is 39.3. The molecule has 8 heteroatoms. The summed E-state index contributed by atoms with van der Waals surface area (Å²) in [6.45, 7) is 8.45. The lowest BCUT2D eigenvalue weighted by atomic mass is 10.2. The van der Waals surface area contributed by atoms with Crippen LogP contribution in [0.2, 0.25) is 0 Å².